The molecule has 0 aliphatic rings. The molecule has 1 amide bonds. The number of anilines is 1. The van der Waals surface area contributed by atoms with Crippen molar-refractivity contribution in [3.63, 3.8) is 0 Å². The molecule has 136 valence electrons. The first kappa shape index (κ1) is 17.8. The van der Waals surface area contributed by atoms with E-state index in [1.807, 2.05) is 47.3 Å². The van der Waals surface area contributed by atoms with Crippen LogP contribution in [0.4, 0.5) is 5.69 Å². The quantitative estimate of drug-likeness (QED) is 0.455. The maximum Gasteiger partial charge on any atom is 0.267 e. The smallest absolute Gasteiger partial charge is 0.267 e. The van der Waals surface area contributed by atoms with E-state index in [-0.39, 0.29) is 5.91 Å². The van der Waals surface area contributed by atoms with Gasteiger partial charge in [0.15, 0.2) is 0 Å². The Bertz CT molecular complexity index is 1040. The average Bonchev–Trinajstić information content (AvgIpc) is 3.42. The fraction of sp³-hybridized carbons (Fsp3) is 0.105. The highest BCUT2D eigenvalue weighted by molar-refractivity contribution is 7.17. The zero-order valence-electron chi connectivity index (χ0n) is 14.3. The SMILES string of the molecule is Cc1nc(-c2ccsc2)sc1C(=O)Nc1cccc(OCc2cscn2)c1. The summed E-state index contributed by atoms with van der Waals surface area (Å²) >= 11 is 4.55. The molecule has 0 saturated carbocycles. The Morgan fingerprint density at radius 2 is 2.15 bits per heavy atom. The number of nitrogens with one attached hydrogen (secondary N) is 1. The second kappa shape index (κ2) is 7.99. The normalized spacial score (nSPS) is 10.7. The van der Waals surface area contributed by atoms with Crippen molar-refractivity contribution in [2.45, 2.75) is 13.5 Å². The van der Waals surface area contributed by atoms with E-state index >= 15 is 0 Å². The zero-order chi connectivity index (χ0) is 18.6. The van der Waals surface area contributed by atoms with Gasteiger partial charge in [0.05, 0.1) is 16.9 Å². The average molecular weight is 414 g/mol. The van der Waals surface area contributed by atoms with Gasteiger partial charge in [-0.05, 0) is 30.5 Å². The van der Waals surface area contributed by atoms with Gasteiger partial charge in [-0.1, -0.05) is 6.07 Å². The number of hydrogen-bond donors (Lipinski definition) is 1. The highest BCUT2D eigenvalue weighted by Gasteiger charge is 2.17. The van der Waals surface area contributed by atoms with Gasteiger partial charge in [0.25, 0.3) is 5.91 Å². The van der Waals surface area contributed by atoms with E-state index in [1.165, 1.54) is 22.7 Å². The molecule has 8 heteroatoms. The third kappa shape index (κ3) is 4.24. The van der Waals surface area contributed by atoms with Crippen molar-refractivity contribution in [1.29, 1.82) is 0 Å². The molecule has 0 aliphatic carbocycles. The van der Waals surface area contributed by atoms with Crippen molar-refractivity contribution in [2.75, 3.05) is 5.32 Å². The van der Waals surface area contributed by atoms with Crippen LogP contribution in [0.3, 0.4) is 0 Å². The van der Waals surface area contributed by atoms with E-state index in [2.05, 4.69) is 15.3 Å². The summed E-state index contributed by atoms with van der Waals surface area (Å²) in [6.07, 6.45) is 0. The van der Waals surface area contributed by atoms with Crippen LogP contribution in [0.15, 0.2) is 52.0 Å². The first-order chi connectivity index (χ1) is 13.2. The molecular weight excluding hydrogens is 398 g/mol. The Morgan fingerprint density at radius 1 is 1.22 bits per heavy atom. The minimum atomic E-state index is -0.164. The second-order valence-corrected chi connectivity index (χ2v) is 8.19. The molecule has 4 aromatic rings. The lowest BCUT2D eigenvalue weighted by atomic mass is 10.3. The van der Waals surface area contributed by atoms with Crippen LogP contribution >= 0.6 is 34.0 Å². The van der Waals surface area contributed by atoms with Crippen LogP contribution in [0.5, 0.6) is 5.75 Å². The van der Waals surface area contributed by atoms with E-state index < -0.39 is 0 Å². The summed E-state index contributed by atoms with van der Waals surface area (Å²) in [5, 5.41) is 9.77. The lowest BCUT2D eigenvalue weighted by molar-refractivity contribution is 0.103. The Hall–Kier alpha value is -2.55. The number of aryl methyl sites for hydroxylation is 1. The molecule has 3 aromatic heterocycles. The van der Waals surface area contributed by atoms with Gasteiger partial charge in [-0.25, -0.2) is 9.97 Å². The number of benzene rings is 1. The number of aromatic nitrogens is 2. The van der Waals surface area contributed by atoms with Crippen LogP contribution in [0.25, 0.3) is 10.6 Å². The number of carbonyl (C=O) groups excluding carboxylic acids is 1. The first-order valence-corrected chi connectivity index (χ1v) is 10.8. The minimum Gasteiger partial charge on any atom is -0.487 e. The highest BCUT2D eigenvalue weighted by atomic mass is 32.1. The Balaban J connectivity index is 1.46. The molecule has 27 heavy (non-hydrogen) atoms. The van der Waals surface area contributed by atoms with E-state index in [1.54, 1.807) is 22.9 Å². The topological polar surface area (TPSA) is 64.1 Å². The molecule has 0 atom stereocenters. The lowest BCUT2D eigenvalue weighted by Crippen LogP contribution is -2.11. The number of hydrogen-bond acceptors (Lipinski definition) is 7. The molecule has 0 unspecified atom stereocenters. The molecule has 3 heterocycles. The number of rotatable bonds is 6. The van der Waals surface area contributed by atoms with Crippen LogP contribution in [-0.4, -0.2) is 15.9 Å². The van der Waals surface area contributed by atoms with Crippen LogP contribution in [-0.2, 0) is 6.61 Å². The monoisotopic (exact) mass is 413 g/mol. The summed E-state index contributed by atoms with van der Waals surface area (Å²) in [5.41, 5.74) is 5.12. The molecule has 1 aromatic carbocycles. The Labute approximate surface area is 168 Å². The summed E-state index contributed by atoms with van der Waals surface area (Å²) in [6.45, 7) is 2.26. The molecule has 0 aliphatic heterocycles. The maximum absolute atomic E-state index is 12.7. The van der Waals surface area contributed by atoms with Gasteiger partial charge < -0.3 is 10.1 Å². The van der Waals surface area contributed by atoms with Crippen molar-refractivity contribution in [3.05, 3.63) is 68.2 Å². The summed E-state index contributed by atoms with van der Waals surface area (Å²) in [6, 6.07) is 9.36. The van der Waals surface area contributed by atoms with Crippen molar-refractivity contribution >= 4 is 45.6 Å². The number of thiophene rings is 1. The fourth-order valence-electron chi connectivity index (χ4n) is 2.43. The molecule has 5 nitrogen and oxygen atoms in total. The van der Waals surface area contributed by atoms with Gasteiger partial charge in [-0.15, -0.1) is 22.7 Å². The predicted molar refractivity (Wildman–Crippen MR) is 111 cm³/mol. The van der Waals surface area contributed by atoms with Gasteiger partial charge >= 0.3 is 0 Å². The molecule has 0 saturated heterocycles. The zero-order valence-corrected chi connectivity index (χ0v) is 16.8. The molecule has 0 radical (unpaired) electrons. The number of carbonyl (C=O) groups is 1. The van der Waals surface area contributed by atoms with Crippen molar-refractivity contribution in [2.24, 2.45) is 0 Å². The summed E-state index contributed by atoms with van der Waals surface area (Å²) in [5.74, 6) is 0.518. The highest BCUT2D eigenvalue weighted by Crippen LogP contribution is 2.30. The fourth-order valence-corrected chi connectivity index (χ4v) is 4.65. The first-order valence-electron chi connectivity index (χ1n) is 8.10. The van der Waals surface area contributed by atoms with Gasteiger partial charge in [-0.2, -0.15) is 11.3 Å². The number of nitrogens with zero attached hydrogens (tertiary/aromatic N) is 2. The summed E-state index contributed by atoms with van der Waals surface area (Å²) < 4.78 is 5.74. The van der Waals surface area contributed by atoms with Gasteiger partial charge in [0, 0.05) is 28.1 Å². The third-order valence-electron chi connectivity index (χ3n) is 3.73. The summed E-state index contributed by atoms with van der Waals surface area (Å²) in [7, 11) is 0. The molecule has 1 N–H and O–H groups in total. The van der Waals surface area contributed by atoms with Crippen LogP contribution < -0.4 is 10.1 Å². The largest absolute Gasteiger partial charge is 0.487 e. The standard InChI is InChI=1S/C19H15N3O2S3/c1-12-17(27-19(21-12)13-5-6-25-9-13)18(23)22-14-3-2-4-16(7-14)24-8-15-10-26-11-20-15/h2-7,9-11H,8H2,1H3,(H,22,23). The molecule has 0 bridgehead atoms. The van der Waals surface area contributed by atoms with E-state index in [4.69, 9.17) is 4.74 Å². The van der Waals surface area contributed by atoms with Crippen LogP contribution in [0, 0.1) is 6.92 Å². The van der Waals surface area contributed by atoms with Crippen LogP contribution in [0.1, 0.15) is 21.1 Å². The van der Waals surface area contributed by atoms with Gasteiger partial charge in [0.2, 0.25) is 0 Å². The Morgan fingerprint density at radius 3 is 2.93 bits per heavy atom. The van der Waals surface area contributed by atoms with Crippen molar-refractivity contribution in [1.82, 2.24) is 9.97 Å². The molecule has 4 rings (SSSR count). The lowest BCUT2D eigenvalue weighted by Gasteiger charge is -2.08. The van der Waals surface area contributed by atoms with E-state index in [0.717, 1.165) is 22.0 Å². The number of ether oxygens (including phenoxy) is 1. The molecule has 0 spiro atoms. The third-order valence-corrected chi connectivity index (χ3v) is 6.26. The maximum atomic E-state index is 12.7. The second-order valence-electron chi connectivity index (χ2n) is 5.70. The molecular formula is C19H15N3O2S3. The van der Waals surface area contributed by atoms with Crippen molar-refractivity contribution in [3.8, 4) is 16.3 Å². The number of amides is 1. The minimum absolute atomic E-state index is 0.164. The molecule has 0 fully saturated rings. The summed E-state index contributed by atoms with van der Waals surface area (Å²) in [4.78, 5) is 22.0. The van der Waals surface area contributed by atoms with Gasteiger partial charge in [-0.3, -0.25) is 4.79 Å². The van der Waals surface area contributed by atoms with Crippen molar-refractivity contribution < 1.29 is 9.53 Å². The number of thiazole rings is 2. The van der Waals surface area contributed by atoms with Crippen LogP contribution in [0.2, 0.25) is 0 Å². The van der Waals surface area contributed by atoms with Gasteiger partial charge in [0.1, 0.15) is 22.2 Å². The Kier molecular flexibility index (Phi) is 5.28. The van der Waals surface area contributed by atoms with E-state index in [0.29, 0.717) is 22.9 Å². The predicted octanol–water partition coefficient (Wildman–Crippen LogP) is 5.47. The van der Waals surface area contributed by atoms with E-state index in [9.17, 15) is 4.79 Å².